The van der Waals surface area contributed by atoms with Crippen molar-refractivity contribution in [1.29, 1.82) is 0 Å². The molecule has 0 aliphatic carbocycles. The maximum atomic E-state index is 12.3. The summed E-state index contributed by atoms with van der Waals surface area (Å²) in [6, 6.07) is 8.67. The van der Waals surface area contributed by atoms with E-state index in [0.717, 1.165) is 13.1 Å². The first kappa shape index (κ1) is 20.5. The highest BCUT2D eigenvalue weighted by molar-refractivity contribution is 6.03. The maximum Gasteiger partial charge on any atom is 0.339 e. The number of carbonyl (C=O) groups excluding carboxylic acids is 1. The molecule has 0 N–H and O–H groups in total. The standard InChI is InChI=1S/C20H22N6O5/c1-23-8-10-25(11-9-23)16-12-15(17-18(22-31-21-17)19(16)26(28)29)24(2)14-7-5-4-6-13(14)20(27)30-3/h4-7,12H,8-11H2,1-3H3. The summed E-state index contributed by atoms with van der Waals surface area (Å²) in [5.41, 5.74) is 2.07. The Balaban J connectivity index is 1.90. The number of nitrogens with zero attached hydrogens (tertiary/aromatic N) is 6. The molecule has 2 heterocycles. The van der Waals surface area contributed by atoms with Crippen molar-refractivity contribution < 1.29 is 19.1 Å². The molecular weight excluding hydrogens is 404 g/mol. The molecule has 0 bridgehead atoms. The summed E-state index contributed by atoms with van der Waals surface area (Å²) in [5, 5.41) is 19.7. The van der Waals surface area contributed by atoms with Gasteiger partial charge in [-0.3, -0.25) is 10.1 Å². The van der Waals surface area contributed by atoms with Crippen LogP contribution in [0.4, 0.5) is 22.7 Å². The van der Waals surface area contributed by atoms with E-state index in [2.05, 4.69) is 15.2 Å². The predicted molar refractivity (Wildman–Crippen MR) is 114 cm³/mol. The van der Waals surface area contributed by atoms with Crippen LogP contribution in [0.5, 0.6) is 0 Å². The lowest BCUT2D eigenvalue weighted by Gasteiger charge is -2.34. The van der Waals surface area contributed by atoms with Crippen LogP contribution in [-0.4, -0.2) is 73.5 Å². The van der Waals surface area contributed by atoms with Crippen LogP contribution >= 0.6 is 0 Å². The largest absolute Gasteiger partial charge is 0.465 e. The van der Waals surface area contributed by atoms with E-state index in [1.165, 1.54) is 7.11 Å². The van der Waals surface area contributed by atoms with Gasteiger partial charge in [-0.15, -0.1) is 0 Å². The monoisotopic (exact) mass is 426 g/mol. The quantitative estimate of drug-likeness (QED) is 0.342. The molecule has 31 heavy (non-hydrogen) atoms. The molecule has 4 rings (SSSR count). The number of para-hydroxylation sites is 1. The van der Waals surface area contributed by atoms with Crippen LogP contribution in [0.2, 0.25) is 0 Å². The lowest BCUT2D eigenvalue weighted by molar-refractivity contribution is -0.382. The lowest BCUT2D eigenvalue weighted by atomic mass is 10.1. The minimum absolute atomic E-state index is 0.0684. The zero-order valence-corrected chi connectivity index (χ0v) is 17.4. The lowest BCUT2D eigenvalue weighted by Crippen LogP contribution is -2.44. The van der Waals surface area contributed by atoms with E-state index < -0.39 is 10.9 Å². The second-order valence-electron chi connectivity index (χ2n) is 7.34. The van der Waals surface area contributed by atoms with E-state index in [0.29, 0.717) is 35.7 Å². The van der Waals surface area contributed by atoms with Crippen molar-refractivity contribution in [2.24, 2.45) is 0 Å². The van der Waals surface area contributed by atoms with Gasteiger partial charge in [-0.1, -0.05) is 12.1 Å². The van der Waals surface area contributed by atoms with Crippen molar-refractivity contribution in [1.82, 2.24) is 15.2 Å². The maximum absolute atomic E-state index is 12.3. The number of carbonyl (C=O) groups is 1. The Labute approximate surface area is 177 Å². The Morgan fingerprint density at radius 1 is 1.16 bits per heavy atom. The summed E-state index contributed by atoms with van der Waals surface area (Å²) < 4.78 is 9.79. The van der Waals surface area contributed by atoms with Crippen molar-refractivity contribution in [2.75, 3.05) is 57.2 Å². The molecule has 0 saturated carbocycles. The Hall–Kier alpha value is -3.73. The molecule has 0 amide bonds. The van der Waals surface area contributed by atoms with Crippen LogP contribution in [0.15, 0.2) is 35.0 Å². The molecule has 1 fully saturated rings. The minimum atomic E-state index is -0.488. The van der Waals surface area contributed by atoms with Gasteiger partial charge in [0.1, 0.15) is 5.69 Å². The number of aromatic nitrogens is 2. The van der Waals surface area contributed by atoms with Crippen molar-refractivity contribution in [2.45, 2.75) is 0 Å². The average Bonchev–Trinajstić information content (AvgIpc) is 3.27. The smallest absolute Gasteiger partial charge is 0.339 e. The Bertz CT molecular complexity index is 1140. The normalized spacial score (nSPS) is 14.6. The highest BCUT2D eigenvalue weighted by atomic mass is 16.6. The van der Waals surface area contributed by atoms with Crippen LogP contribution < -0.4 is 9.80 Å². The van der Waals surface area contributed by atoms with Gasteiger partial charge < -0.3 is 19.4 Å². The number of likely N-dealkylation sites (N-methyl/N-ethyl adjacent to an activating group) is 1. The van der Waals surface area contributed by atoms with E-state index in [-0.39, 0.29) is 16.7 Å². The number of benzene rings is 2. The number of esters is 1. The molecule has 11 nitrogen and oxygen atoms in total. The average molecular weight is 426 g/mol. The number of fused-ring (bicyclic) bond motifs is 1. The van der Waals surface area contributed by atoms with Crippen LogP contribution in [-0.2, 0) is 4.74 Å². The van der Waals surface area contributed by atoms with Crippen molar-refractivity contribution >= 4 is 39.8 Å². The number of hydrogen-bond donors (Lipinski definition) is 0. The van der Waals surface area contributed by atoms with Gasteiger partial charge in [0.05, 0.1) is 29.0 Å². The van der Waals surface area contributed by atoms with Crippen LogP contribution in [0.25, 0.3) is 11.0 Å². The first-order chi connectivity index (χ1) is 14.9. The summed E-state index contributed by atoms with van der Waals surface area (Å²) in [7, 11) is 5.08. The summed E-state index contributed by atoms with van der Waals surface area (Å²) in [5.74, 6) is -0.488. The van der Waals surface area contributed by atoms with Crippen molar-refractivity contribution in [3.05, 3.63) is 46.0 Å². The number of rotatable bonds is 5. The molecule has 1 aromatic heterocycles. The Morgan fingerprint density at radius 2 is 1.84 bits per heavy atom. The summed E-state index contributed by atoms with van der Waals surface area (Å²) >= 11 is 0. The molecule has 0 radical (unpaired) electrons. The topological polar surface area (TPSA) is 118 Å². The number of ether oxygens (including phenoxy) is 1. The summed E-state index contributed by atoms with van der Waals surface area (Å²) in [4.78, 5) is 29.7. The van der Waals surface area contributed by atoms with Crippen molar-refractivity contribution in [3.8, 4) is 0 Å². The number of piperazine rings is 1. The van der Waals surface area contributed by atoms with E-state index in [4.69, 9.17) is 9.37 Å². The van der Waals surface area contributed by atoms with Crippen LogP contribution in [0.3, 0.4) is 0 Å². The molecule has 11 heteroatoms. The second kappa shape index (κ2) is 8.19. The summed E-state index contributed by atoms with van der Waals surface area (Å²) in [6.07, 6.45) is 0. The fraction of sp³-hybridized carbons (Fsp3) is 0.350. The Morgan fingerprint density at radius 3 is 2.52 bits per heavy atom. The SMILES string of the molecule is COC(=O)c1ccccc1N(C)c1cc(N2CCN(C)CC2)c([N+](=O)[O-])c2nonc12. The van der Waals surface area contributed by atoms with Gasteiger partial charge in [-0.25, -0.2) is 9.42 Å². The third-order valence-corrected chi connectivity index (χ3v) is 5.53. The number of anilines is 3. The number of methoxy groups -OCH3 is 1. The van der Waals surface area contributed by atoms with E-state index in [1.807, 2.05) is 11.9 Å². The highest BCUT2D eigenvalue weighted by Crippen LogP contribution is 2.42. The molecule has 162 valence electrons. The molecule has 1 saturated heterocycles. The summed E-state index contributed by atoms with van der Waals surface area (Å²) in [6.45, 7) is 2.83. The molecule has 0 spiro atoms. The van der Waals surface area contributed by atoms with E-state index in [1.54, 1.807) is 42.3 Å². The Kier molecular flexibility index (Phi) is 5.42. The zero-order valence-electron chi connectivity index (χ0n) is 17.4. The van der Waals surface area contributed by atoms with Crippen molar-refractivity contribution in [3.63, 3.8) is 0 Å². The molecule has 3 aromatic rings. The predicted octanol–water partition coefficient (Wildman–Crippen LogP) is 2.44. The van der Waals surface area contributed by atoms with Gasteiger partial charge in [0, 0.05) is 33.2 Å². The van der Waals surface area contributed by atoms with Crippen LogP contribution in [0.1, 0.15) is 10.4 Å². The minimum Gasteiger partial charge on any atom is -0.465 e. The number of nitro groups is 1. The van der Waals surface area contributed by atoms with Gasteiger partial charge in [-0.05, 0) is 35.6 Å². The second-order valence-corrected chi connectivity index (χ2v) is 7.34. The fourth-order valence-corrected chi connectivity index (χ4v) is 3.80. The molecular formula is C20H22N6O5. The van der Waals surface area contributed by atoms with Gasteiger partial charge >= 0.3 is 11.7 Å². The first-order valence-electron chi connectivity index (χ1n) is 9.70. The van der Waals surface area contributed by atoms with E-state index in [9.17, 15) is 14.9 Å². The van der Waals surface area contributed by atoms with Crippen LogP contribution in [0, 0.1) is 10.1 Å². The van der Waals surface area contributed by atoms with Gasteiger partial charge in [-0.2, -0.15) is 0 Å². The third kappa shape index (κ3) is 3.63. The molecule has 0 unspecified atom stereocenters. The first-order valence-corrected chi connectivity index (χ1v) is 9.70. The molecule has 1 aliphatic heterocycles. The van der Waals surface area contributed by atoms with E-state index >= 15 is 0 Å². The molecule has 2 aromatic carbocycles. The third-order valence-electron chi connectivity index (χ3n) is 5.53. The number of hydrogen-bond acceptors (Lipinski definition) is 10. The zero-order chi connectivity index (χ0) is 22.1. The van der Waals surface area contributed by atoms with Gasteiger partial charge in [0.15, 0.2) is 5.52 Å². The van der Waals surface area contributed by atoms with Gasteiger partial charge in [0.2, 0.25) is 5.52 Å². The highest BCUT2D eigenvalue weighted by Gasteiger charge is 2.31. The number of nitro benzene ring substituents is 1. The van der Waals surface area contributed by atoms with Gasteiger partial charge in [0.25, 0.3) is 0 Å². The molecule has 1 aliphatic rings. The molecule has 0 atom stereocenters. The fourth-order valence-electron chi connectivity index (χ4n) is 3.80.